The fourth-order valence-corrected chi connectivity index (χ4v) is 4.09. The van der Waals surface area contributed by atoms with Gasteiger partial charge < -0.3 is 9.84 Å². The first kappa shape index (κ1) is 24.2. The van der Waals surface area contributed by atoms with Gasteiger partial charge in [-0.15, -0.1) is 0 Å². The molecular weight excluding hydrogens is 400 g/mol. The van der Waals surface area contributed by atoms with Crippen molar-refractivity contribution in [3.63, 3.8) is 0 Å². The molecule has 0 radical (unpaired) electrons. The third-order valence-corrected chi connectivity index (χ3v) is 6.04. The van der Waals surface area contributed by atoms with Crippen LogP contribution in [-0.2, 0) is 16.5 Å². The maximum atomic E-state index is 11.5. The molecule has 2 N–H and O–H groups in total. The van der Waals surface area contributed by atoms with Gasteiger partial charge in [-0.2, -0.15) is 8.42 Å². The third-order valence-electron chi connectivity index (χ3n) is 5.15. The molecular formula is C24H34O5S. The van der Waals surface area contributed by atoms with E-state index in [9.17, 15) is 18.1 Å². The van der Waals surface area contributed by atoms with Crippen molar-refractivity contribution in [2.45, 2.75) is 82.4 Å². The molecule has 0 atom stereocenters. The van der Waals surface area contributed by atoms with Gasteiger partial charge in [0.15, 0.2) is 5.75 Å². The van der Waals surface area contributed by atoms with E-state index in [1.807, 2.05) is 18.2 Å². The monoisotopic (exact) mass is 434 g/mol. The predicted molar refractivity (Wildman–Crippen MR) is 120 cm³/mol. The van der Waals surface area contributed by atoms with Crippen LogP contribution in [-0.4, -0.2) is 18.1 Å². The van der Waals surface area contributed by atoms with Gasteiger partial charge in [-0.25, -0.2) is 0 Å². The first-order chi connectivity index (χ1) is 14.4. The van der Waals surface area contributed by atoms with Crippen LogP contribution < -0.4 is 4.74 Å². The largest absolute Gasteiger partial charge is 0.508 e. The summed E-state index contributed by atoms with van der Waals surface area (Å²) in [6.07, 6.45) is 13.8. The summed E-state index contributed by atoms with van der Waals surface area (Å²) >= 11 is 0. The van der Waals surface area contributed by atoms with Crippen LogP contribution in [0, 0.1) is 0 Å². The Kier molecular flexibility index (Phi) is 10.2. The van der Waals surface area contributed by atoms with Gasteiger partial charge in [0.25, 0.3) is 10.1 Å². The van der Waals surface area contributed by atoms with Crippen molar-refractivity contribution < 1.29 is 22.8 Å². The van der Waals surface area contributed by atoms with Crippen LogP contribution in [0.2, 0.25) is 0 Å². The Bertz CT molecular complexity index is 877. The molecule has 0 aliphatic rings. The quantitative estimate of drug-likeness (QED) is 0.250. The molecule has 0 saturated carbocycles. The van der Waals surface area contributed by atoms with Crippen LogP contribution in [0.15, 0.2) is 47.4 Å². The number of hydrogen-bond acceptors (Lipinski definition) is 4. The van der Waals surface area contributed by atoms with Crippen molar-refractivity contribution >= 4 is 10.1 Å². The topological polar surface area (TPSA) is 83.8 Å². The van der Waals surface area contributed by atoms with E-state index in [2.05, 4.69) is 6.92 Å². The highest BCUT2D eigenvalue weighted by Gasteiger charge is 2.18. The maximum Gasteiger partial charge on any atom is 0.298 e. The Morgan fingerprint density at radius 1 is 0.833 bits per heavy atom. The Hall–Kier alpha value is -2.05. The lowest BCUT2D eigenvalue weighted by Gasteiger charge is -2.11. The minimum atomic E-state index is -4.45. The summed E-state index contributed by atoms with van der Waals surface area (Å²) in [7, 11) is -4.45. The summed E-state index contributed by atoms with van der Waals surface area (Å²) in [5.74, 6) is 0.225. The zero-order chi connectivity index (χ0) is 21.8. The highest BCUT2D eigenvalue weighted by molar-refractivity contribution is 7.86. The summed E-state index contributed by atoms with van der Waals surface area (Å²) in [6.45, 7) is 2.24. The molecule has 2 aromatic carbocycles. The molecule has 0 aromatic heterocycles. The minimum Gasteiger partial charge on any atom is -0.508 e. The third kappa shape index (κ3) is 8.76. The average Bonchev–Trinajstić information content (AvgIpc) is 2.69. The molecule has 166 valence electrons. The molecule has 6 heteroatoms. The Labute approximate surface area is 180 Å². The van der Waals surface area contributed by atoms with Crippen LogP contribution >= 0.6 is 0 Å². The molecule has 2 aromatic rings. The van der Waals surface area contributed by atoms with Crippen LogP contribution in [0.1, 0.15) is 76.7 Å². The van der Waals surface area contributed by atoms with Crippen LogP contribution in [0.4, 0.5) is 0 Å². The molecule has 0 aliphatic carbocycles. The van der Waals surface area contributed by atoms with Gasteiger partial charge in [0.2, 0.25) is 0 Å². The van der Waals surface area contributed by atoms with Crippen LogP contribution in [0.3, 0.4) is 0 Å². The van der Waals surface area contributed by atoms with E-state index in [0.717, 1.165) is 24.5 Å². The molecule has 0 heterocycles. The first-order valence-electron chi connectivity index (χ1n) is 11.0. The van der Waals surface area contributed by atoms with Gasteiger partial charge in [0.1, 0.15) is 16.4 Å². The van der Waals surface area contributed by atoms with Crippen molar-refractivity contribution in [3.05, 3.63) is 48.0 Å². The van der Waals surface area contributed by atoms with Gasteiger partial charge in [-0.05, 0) is 42.7 Å². The molecule has 0 fully saturated rings. The number of benzene rings is 2. The second kappa shape index (κ2) is 12.6. The van der Waals surface area contributed by atoms with Gasteiger partial charge in [-0.3, -0.25) is 4.55 Å². The van der Waals surface area contributed by atoms with E-state index in [1.165, 1.54) is 69.9 Å². The summed E-state index contributed by atoms with van der Waals surface area (Å²) in [6, 6.07) is 11.0. The minimum absolute atomic E-state index is 0.103. The number of phenolic OH excluding ortho intramolecular Hbond substituents is 1. The van der Waals surface area contributed by atoms with Crippen molar-refractivity contribution in [2.24, 2.45) is 0 Å². The zero-order valence-corrected chi connectivity index (χ0v) is 18.7. The average molecular weight is 435 g/mol. The summed E-state index contributed by atoms with van der Waals surface area (Å²) < 4.78 is 38.1. The number of ether oxygens (including phenoxy) is 1. The van der Waals surface area contributed by atoms with Crippen molar-refractivity contribution in [2.75, 3.05) is 0 Å². The fourth-order valence-electron chi connectivity index (χ4n) is 3.50. The number of hydrogen-bond donors (Lipinski definition) is 2. The summed E-state index contributed by atoms with van der Waals surface area (Å²) in [4.78, 5) is -0.375. The summed E-state index contributed by atoms with van der Waals surface area (Å²) in [5, 5.41) is 9.64. The Morgan fingerprint density at radius 2 is 1.47 bits per heavy atom. The standard InChI is InChI=1S/C24H34O5S/c1-2-3-4-5-6-7-8-9-10-11-13-20-14-12-15-22(18-20)29-23-19-21(25)16-17-24(23)30(26,27)28/h12,14-19,25H,2-11,13H2,1H3,(H,26,27,28). The smallest absolute Gasteiger partial charge is 0.298 e. The molecule has 0 aliphatic heterocycles. The van der Waals surface area contributed by atoms with Crippen molar-refractivity contribution in [1.29, 1.82) is 0 Å². The number of aryl methyl sites for hydroxylation is 1. The fraction of sp³-hybridized carbons (Fsp3) is 0.500. The van der Waals surface area contributed by atoms with Gasteiger partial charge in [-0.1, -0.05) is 76.8 Å². The molecule has 0 saturated heterocycles. The second-order valence-corrected chi connectivity index (χ2v) is 9.18. The highest BCUT2D eigenvalue weighted by Crippen LogP contribution is 2.32. The van der Waals surface area contributed by atoms with E-state index in [4.69, 9.17) is 4.74 Å². The van der Waals surface area contributed by atoms with Crippen molar-refractivity contribution in [1.82, 2.24) is 0 Å². The lowest BCUT2D eigenvalue weighted by atomic mass is 10.0. The highest BCUT2D eigenvalue weighted by atomic mass is 32.2. The molecule has 0 amide bonds. The number of phenols is 1. The molecule has 30 heavy (non-hydrogen) atoms. The van der Waals surface area contributed by atoms with Gasteiger partial charge in [0, 0.05) is 6.07 Å². The van der Waals surface area contributed by atoms with Gasteiger partial charge in [0.05, 0.1) is 0 Å². The Balaban J connectivity index is 1.80. The van der Waals surface area contributed by atoms with E-state index in [-0.39, 0.29) is 16.4 Å². The number of unbranched alkanes of at least 4 members (excludes halogenated alkanes) is 9. The SMILES string of the molecule is CCCCCCCCCCCCc1cccc(Oc2cc(O)ccc2S(=O)(=O)O)c1. The van der Waals surface area contributed by atoms with Gasteiger partial charge >= 0.3 is 0 Å². The first-order valence-corrected chi connectivity index (χ1v) is 12.4. The van der Waals surface area contributed by atoms with Crippen LogP contribution in [0.5, 0.6) is 17.2 Å². The van der Waals surface area contributed by atoms with E-state index < -0.39 is 10.1 Å². The van der Waals surface area contributed by atoms with E-state index >= 15 is 0 Å². The second-order valence-electron chi connectivity index (χ2n) is 7.79. The Morgan fingerprint density at radius 3 is 2.10 bits per heavy atom. The van der Waals surface area contributed by atoms with E-state index in [1.54, 1.807) is 6.07 Å². The summed E-state index contributed by atoms with van der Waals surface area (Å²) in [5.41, 5.74) is 1.11. The number of aromatic hydroxyl groups is 1. The van der Waals surface area contributed by atoms with E-state index in [0.29, 0.717) is 5.75 Å². The normalized spacial score (nSPS) is 11.5. The maximum absolute atomic E-state index is 11.5. The van der Waals surface area contributed by atoms with Crippen molar-refractivity contribution in [3.8, 4) is 17.2 Å². The lowest BCUT2D eigenvalue weighted by molar-refractivity contribution is 0.437. The molecule has 0 spiro atoms. The number of rotatable bonds is 14. The molecule has 0 unspecified atom stereocenters. The predicted octanol–water partition coefficient (Wildman–Crippen LogP) is 6.89. The molecule has 0 bridgehead atoms. The van der Waals surface area contributed by atoms with Crippen LogP contribution in [0.25, 0.3) is 0 Å². The lowest BCUT2D eigenvalue weighted by Crippen LogP contribution is -2.01. The molecule has 5 nitrogen and oxygen atoms in total. The molecule has 2 rings (SSSR count). The zero-order valence-electron chi connectivity index (χ0n) is 17.8.